The minimum Gasteiger partial charge on any atom is -0.492 e. The Kier molecular flexibility index (Phi) is 5.28. The highest BCUT2D eigenvalue weighted by Gasteiger charge is 2.05. The number of hydrogen-bond acceptors (Lipinski definition) is 3. The summed E-state index contributed by atoms with van der Waals surface area (Å²) in [6, 6.07) is 5.56. The van der Waals surface area contributed by atoms with Crippen LogP contribution in [0.15, 0.2) is 22.7 Å². The molecule has 1 rings (SSSR count). The number of nitrogens with one attached hydrogen (secondary N) is 1. The second-order valence-corrected chi connectivity index (χ2v) is 4.21. The summed E-state index contributed by atoms with van der Waals surface area (Å²) in [5.74, 6) is 5.59. The van der Waals surface area contributed by atoms with Gasteiger partial charge in [-0.15, -0.1) is 0 Å². The molecule has 0 aliphatic heterocycles. The number of nitrogens with two attached hydrogens (primary N) is 1. The largest absolute Gasteiger partial charge is 0.492 e. The molecule has 0 spiro atoms. The van der Waals surface area contributed by atoms with Crippen molar-refractivity contribution in [1.29, 1.82) is 0 Å². The molecule has 0 aromatic heterocycles. The third kappa shape index (κ3) is 3.83. The fraction of sp³-hybridized carbons (Fsp3) is 0.364. The molecule has 0 radical (unpaired) electrons. The topological polar surface area (TPSA) is 64.3 Å². The van der Waals surface area contributed by atoms with Crippen LogP contribution in [0, 0.1) is 0 Å². The molecule has 88 valence electrons. The summed E-state index contributed by atoms with van der Waals surface area (Å²) < 4.78 is 6.35. The monoisotopic (exact) mass is 286 g/mol. The normalized spacial score (nSPS) is 9.94. The number of hydrogen-bond donors (Lipinski definition) is 2. The van der Waals surface area contributed by atoms with Crippen molar-refractivity contribution in [1.82, 2.24) is 5.43 Å². The Hall–Kier alpha value is -1.07. The van der Waals surface area contributed by atoms with Gasteiger partial charge < -0.3 is 4.74 Å². The van der Waals surface area contributed by atoms with Crippen molar-refractivity contribution in [2.45, 2.75) is 19.8 Å². The van der Waals surface area contributed by atoms with Crippen molar-refractivity contribution < 1.29 is 9.53 Å². The first kappa shape index (κ1) is 13.0. The van der Waals surface area contributed by atoms with Gasteiger partial charge in [0.1, 0.15) is 5.75 Å². The summed E-state index contributed by atoms with van der Waals surface area (Å²) in [4.78, 5) is 11.1. The van der Waals surface area contributed by atoms with Crippen LogP contribution in [-0.4, -0.2) is 12.5 Å². The average molecular weight is 287 g/mol. The van der Waals surface area contributed by atoms with Crippen LogP contribution < -0.4 is 16.0 Å². The first-order valence-corrected chi connectivity index (χ1v) is 5.87. The Morgan fingerprint density at radius 2 is 2.31 bits per heavy atom. The molecule has 16 heavy (non-hydrogen) atoms. The van der Waals surface area contributed by atoms with Crippen LogP contribution in [0.25, 0.3) is 0 Å². The molecule has 0 bridgehead atoms. The predicted molar refractivity (Wildman–Crippen MR) is 66.0 cm³/mol. The molecule has 0 unspecified atom stereocenters. The van der Waals surface area contributed by atoms with Crippen LogP contribution in [0.1, 0.15) is 18.9 Å². The van der Waals surface area contributed by atoms with Crippen molar-refractivity contribution in [3.05, 3.63) is 28.2 Å². The van der Waals surface area contributed by atoms with Gasteiger partial charge in [0.2, 0.25) is 5.91 Å². The molecule has 0 heterocycles. The van der Waals surface area contributed by atoms with Gasteiger partial charge in [-0.25, -0.2) is 5.84 Å². The van der Waals surface area contributed by atoms with Gasteiger partial charge in [-0.1, -0.05) is 13.0 Å². The van der Waals surface area contributed by atoms with Crippen LogP contribution in [0.5, 0.6) is 5.75 Å². The first-order chi connectivity index (χ1) is 7.67. The fourth-order valence-electron chi connectivity index (χ4n) is 1.22. The Balaban J connectivity index is 2.70. The van der Waals surface area contributed by atoms with Gasteiger partial charge >= 0.3 is 0 Å². The van der Waals surface area contributed by atoms with E-state index in [9.17, 15) is 4.79 Å². The number of benzene rings is 1. The third-order valence-electron chi connectivity index (χ3n) is 1.98. The third-order valence-corrected chi connectivity index (χ3v) is 2.60. The lowest BCUT2D eigenvalue weighted by molar-refractivity contribution is -0.120. The second-order valence-electron chi connectivity index (χ2n) is 3.36. The fourth-order valence-corrected chi connectivity index (χ4v) is 1.76. The molecule has 5 heteroatoms. The standard InChI is InChI=1S/C11H15BrN2O2/c1-2-5-16-10-4-3-8(6-9(10)12)7-11(15)14-13/h3-4,6H,2,5,7,13H2,1H3,(H,14,15). The van der Waals surface area contributed by atoms with Gasteiger partial charge in [-0.05, 0) is 40.0 Å². The van der Waals surface area contributed by atoms with Crippen molar-refractivity contribution in [3.8, 4) is 5.75 Å². The first-order valence-electron chi connectivity index (χ1n) is 5.08. The van der Waals surface area contributed by atoms with Crippen LogP contribution >= 0.6 is 15.9 Å². The molecule has 0 atom stereocenters. The highest BCUT2D eigenvalue weighted by atomic mass is 79.9. The zero-order valence-corrected chi connectivity index (χ0v) is 10.7. The Bertz CT molecular complexity index is 369. The second kappa shape index (κ2) is 6.50. The van der Waals surface area contributed by atoms with Crippen LogP contribution in [-0.2, 0) is 11.2 Å². The SMILES string of the molecule is CCCOc1ccc(CC(=O)NN)cc1Br. The summed E-state index contributed by atoms with van der Waals surface area (Å²) in [6.07, 6.45) is 1.23. The van der Waals surface area contributed by atoms with Crippen LogP contribution in [0.2, 0.25) is 0 Å². The van der Waals surface area contributed by atoms with E-state index < -0.39 is 0 Å². The van der Waals surface area contributed by atoms with Gasteiger partial charge in [0.05, 0.1) is 17.5 Å². The minimum atomic E-state index is -0.214. The molecular formula is C11H15BrN2O2. The summed E-state index contributed by atoms with van der Waals surface area (Å²) in [6.45, 7) is 2.73. The highest BCUT2D eigenvalue weighted by Crippen LogP contribution is 2.26. The smallest absolute Gasteiger partial charge is 0.238 e. The number of hydrazine groups is 1. The molecule has 0 fully saturated rings. The number of ether oxygens (including phenoxy) is 1. The van der Waals surface area contributed by atoms with E-state index >= 15 is 0 Å². The molecule has 3 N–H and O–H groups in total. The van der Waals surface area contributed by atoms with Crippen LogP contribution in [0.3, 0.4) is 0 Å². The van der Waals surface area contributed by atoms with Crippen molar-refractivity contribution in [3.63, 3.8) is 0 Å². The maximum atomic E-state index is 11.1. The molecule has 0 aliphatic rings. The van der Waals surface area contributed by atoms with Gasteiger partial charge in [-0.2, -0.15) is 0 Å². The van der Waals surface area contributed by atoms with Gasteiger partial charge in [0, 0.05) is 0 Å². The number of halogens is 1. The van der Waals surface area contributed by atoms with E-state index in [2.05, 4.69) is 21.4 Å². The van der Waals surface area contributed by atoms with E-state index in [1.165, 1.54) is 0 Å². The van der Waals surface area contributed by atoms with Gasteiger partial charge in [0.25, 0.3) is 0 Å². The molecular weight excluding hydrogens is 272 g/mol. The predicted octanol–water partition coefficient (Wildman–Crippen LogP) is 1.77. The molecule has 0 saturated carbocycles. The lowest BCUT2D eigenvalue weighted by atomic mass is 10.1. The summed E-state index contributed by atoms with van der Waals surface area (Å²) in [5.41, 5.74) is 2.98. The van der Waals surface area contributed by atoms with Crippen molar-refractivity contribution in [2.75, 3.05) is 6.61 Å². The van der Waals surface area contributed by atoms with Gasteiger partial charge in [-0.3, -0.25) is 10.2 Å². The number of amides is 1. The Labute approximate surface area is 103 Å². The van der Waals surface area contributed by atoms with E-state index in [1.807, 2.05) is 25.1 Å². The summed E-state index contributed by atoms with van der Waals surface area (Å²) in [5, 5.41) is 0. The Morgan fingerprint density at radius 3 is 2.88 bits per heavy atom. The van der Waals surface area contributed by atoms with E-state index in [0.717, 1.165) is 22.2 Å². The van der Waals surface area contributed by atoms with E-state index in [1.54, 1.807) is 0 Å². The summed E-state index contributed by atoms with van der Waals surface area (Å²) >= 11 is 3.40. The maximum absolute atomic E-state index is 11.1. The maximum Gasteiger partial charge on any atom is 0.238 e. The zero-order chi connectivity index (χ0) is 12.0. The van der Waals surface area contributed by atoms with Crippen LogP contribution in [0.4, 0.5) is 0 Å². The van der Waals surface area contributed by atoms with Crippen molar-refractivity contribution >= 4 is 21.8 Å². The van der Waals surface area contributed by atoms with Gasteiger partial charge in [0.15, 0.2) is 0 Å². The van der Waals surface area contributed by atoms with E-state index in [4.69, 9.17) is 10.6 Å². The molecule has 1 aromatic rings. The lowest BCUT2D eigenvalue weighted by Gasteiger charge is -2.08. The highest BCUT2D eigenvalue weighted by molar-refractivity contribution is 9.10. The number of carbonyl (C=O) groups excluding carboxylic acids is 1. The quantitative estimate of drug-likeness (QED) is 0.493. The number of rotatable bonds is 5. The molecule has 1 amide bonds. The Morgan fingerprint density at radius 1 is 1.56 bits per heavy atom. The minimum absolute atomic E-state index is 0.214. The average Bonchev–Trinajstić information content (AvgIpc) is 2.28. The molecule has 1 aromatic carbocycles. The van der Waals surface area contributed by atoms with E-state index in [0.29, 0.717) is 6.61 Å². The molecule has 4 nitrogen and oxygen atoms in total. The zero-order valence-electron chi connectivity index (χ0n) is 9.13. The summed E-state index contributed by atoms with van der Waals surface area (Å²) in [7, 11) is 0. The lowest BCUT2D eigenvalue weighted by Crippen LogP contribution is -2.31. The van der Waals surface area contributed by atoms with Crippen molar-refractivity contribution in [2.24, 2.45) is 5.84 Å². The molecule has 0 aliphatic carbocycles. The molecule has 0 saturated heterocycles. The van der Waals surface area contributed by atoms with E-state index in [-0.39, 0.29) is 12.3 Å². The number of carbonyl (C=O) groups is 1.